The van der Waals surface area contributed by atoms with Gasteiger partial charge >= 0.3 is 0 Å². The normalized spacial score (nSPS) is 23.6. The zero-order valence-corrected chi connectivity index (χ0v) is 12.5. The van der Waals surface area contributed by atoms with Crippen LogP contribution in [0.15, 0.2) is 24.3 Å². The SMILES string of the molecule is COc1ccc(C(=O)CN2CCC(C)C(OC)C2)cc1. The van der Waals surface area contributed by atoms with E-state index in [1.165, 1.54) is 0 Å². The monoisotopic (exact) mass is 277 g/mol. The van der Waals surface area contributed by atoms with Crippen molar-refractivity contribution in [3.63, 3.8) is 0 Å². The molecule has 1 aliphatic heterocycles. The molecule has 1 aromatic rings. The molecule has 0 bridgehead atoms. The van der Waals surface area contributed by atoms with Gasteiger partial charge in [0.1, 0.15) is 5.75 Å². The van der Waals surface area contributed by atoms with Crippen molar-refractivity contribution in [1.29, 1.82) is 0 Å². The summed E-state index contributed by atoms with van der Waals surface area (Å²) < 4.78 is 10.6. The van der Waals surface area contributed by atoms with E-state index >= 15 is 0 Å². The summed E-state index contributed by atoms with van der Waals surface area (Å²) in [7, 11) is 3.37. The summed E-state index contributed by atoms with van der Waals surface area (Å²) in [6, 6.07) is 7.29. The van der Waals surface area contributed by atoms with Crippen LogP contribution in [0.3, 0.4) is 0 Å². The summed E-state index contributed by atoms with van der Waals surface area (Å²) in [5, 5.41) is 0. The third-order valence-electron chi connectivity index (χ3n) is 4.06. The first kappa shape index (κ1) is 15.0. The molecule has 1 fully saturated rings. The van der Waals surface area contributed by atoms with Gasteiger partial charge in [0.15, 0.2) is 5.78 Å². The molecule has 20 heavy (non-hydrogen) atoms. The number of carbonyl (C=O) groups excluding carboxylic acids is 1. The molecule has 1 saturated heterocycles. The Bertz CT molecular complexity index is 444. The van der Waals surface area contributed by atoms with Crippen LogP contribution in [0.4, 0.5) is 0 Å². The first-order valence-corrected chi connectivity index (χ1v) is 7.06. The molecule has 4 nitrogen and oxygen atoms in total. The third kappa shape index (κ3) is 3.58. The second-order valence-electron chi connectivity index (χ2n) is 5.43. The maximum absolute atomic E-state index is 12.3. The Kier molecular flexibility index (Phi) is 5.15. The number of benzene rings is 1. The number of hydrogen-bond donors (Lipinski definition) is 0. The van der Waals surface area contributed by atoms with Crippen LogP contribution in [0.5, 0.6) is 5.75 Å². The minimum absolute atomic E-state index is 0.150. The van der Waals surface area contributed by atoms with Gasteiger partial charge in [-0.1, -0.05) is 6.92 Å². The Balaban J connectivity index is 1.93. The fraction of sp³-hybridized carbons (Fsp3) is 0.562. The lowest BCUT2D eigenvalue weighted by Crippen LogP contribution is -2.45. The Morgan fingerprint density at radius 2 is 2.00 bits per heavy atom. The van der Waals surface area contributed by atoms with Gasteiger partial charge in [0, 0.05) is 19.2 Å². The number of carbonyl (C=O) groups is 1. The molecule has 0 aromatic heterocycles. The van der Waals surface area contributed by atoms with E-state index < -0.39 is 0 Å². The minimum Gasteiger partial charge on any atom is -0.497 e. The van der Waals surface area contributed by atoms with E-state index in [0.717, 1.165) is 30.8 Å². The molecule has 1 aromatic carbocycles. The number of piperidine rings is 1. The maximum atomic E-state index is 12.3. The summed E-state index contributed by atoms with van der Waals surface area (Å²) in [5.41, 5.74) is 0.735. The van der Waals surface area contributed by atoms with E-state index in [0.29, 0.717) is 12.5 Å². The largest absolute Gasteiger partial charge is 0.497 e. The van der Waals surface area contributed by atoms with Crippen molar-refractivity contribution in [2.24, 2.45) is 5.92 Å². The van der Waals surface area contributed by atoms with Crippen LogP contribution in [0.1, 0.15) is 23.7 Å². The first-order valence-electron chi connectivity index (χ1n) is 7.06. The molecular weight excluding hydrogens is 254 g/mol. The molecule has 1 heterocycles. The molecule has 2 rings (SSSR count). The number of ether oxygens (including phenoxy) is 2. The van der Waals surface area contributed by atoms with E-state index in [2.05, 4.69) is 11.8 Å². The van der Waals surface area contributed by atoms with Crippen molar-refractivity contribution >= 4 is 5.78 Å². The predicted molar refractivity (Wildman–Crippen MR) is 78.3 cm³/mol. The van der Waals surface area contributed by atoms with Crippen molar-refractivity contribution in [1.82, 2.24) is 4.90 Å². The lowest BCUT2D eigenvalue weighted by molar-refractivity contribution is -0.00324. The zero-order valence-electron chi connectivity index (χ0n) is 12.5. The molecule has 2 atom stereocenters. The molecule has 0 saturated carbocycles. The molecule has 0 spiro atoms. The molecule has 4 heteroatoms. The van der Waals surface area contributed by atoms with Crippen LogP contribution in [0.25, 0.3) is 0 Å². The number of ketones is 1. The van der Waals surface area contributed by atoms with Crippen molar-refractivity contribution in [2.45, 2.75) is 19.4 Å². The number of rotatable bonds is 5. The van der Waals surface area contributed by atoms with Gasteiger partial charge in [-0.3, -0.25) is 9.69 Å². The number of methoxy groups -OCH3 is 2. The first-order chi connectivity index (χ1) is 9.63. The minimum atomic E-state index is 0.150. The van der Waals surface area contributed by atoms with E-state index in [1.54, 1.807) is 14.2 Å². The second kappa shape index (κ2) is 6.86. The summed E-state index contributed by atoms with van der Waals surface area (Å²) in [6.45, 7) is 4.46. The highest BCUT2D eigenvalue weighted by molar-refractivity contribution is 5.97. The van der Waals surface area contributed by atoms with E-state index in [1.807, 2.05) is 24.3 Å². The Hall–Kier alpha value is -1.39. The number of likely N-dealkylation sites (tertiary alicyclic amines) is 1. The van der Waals surface area contributed by atoms with Crippen molar-refractivity contribution in [3.05, 3.63) is 29.8 Å². The van der Waals surface area contributed by atoms with Crippen LogP contribution in [-0.4, -0.2) is 50.6 Å². The average Bonchev–Trinajstić information content (AvgIpc) is 2.49. The van der Waals surface area contributed by atoms with E-state index in [9.17, 15) is 4.79 Å². The van der Waals surface area contributed by atoms with Gasteiger partial charge in [-0.25, -0.2) is 0 Å². The number of Topliss-reactive ketones (excluding diaryl/α,β-unsaturated/α-hetero) is 1. The highest BCUT2D eigenvalue weighted by atomic mass is 16.5. The van der Waals surface area contributed by atoms with Crippen molar-refractivity contribution in [2.75, 3.05) is 33.9 Å². The fourth-order valence-electron chi connectivity index (χ4n) is 2.62. The quantitative estimate of drug-likeness (QED) is 0.774. The van der Waals surface area contributed by atoms with Gasteiger partial charge in [0.2, 0.25) is 0 Å². The van der Waals surface area contributed by atoms with Crippen LogP contribution in [0, 0.1) is 5.92 Å². The summed E-state index contributed by atoms with van der Waals surface area (Å²) in [5.74, 6) is 1.48. The molecule has 0 radical (unpaired) electrons. The van der Waals surface area contributed by atoms with Gasteiger partial charge in [-0.2, -0.15) is 0 Å². The molecule has 110 valence electrons. The lowest BCUT2D eigenvalue weighted by atomic mass is 9.95. The number of hydrogen-bond acceptors (Lipinski definition) is 4. The lowest BCUT2D eigenvalue weighted by Gasteiger charge is -2.35. The summed E-state index contributed by atoms with van der Waals surface area (Å²) >= 11 is 0. The van der Waals surface area contributed by atoms with Crippen LogP contribution < -0.4 is 4.74 Å². The molecule has 1 aliphatic rings. The topological polar surface area (TPSA) is 38.8 Å². The zero-order chi connectivity index (χ0) is 14.5. The average molecular weight is 277 g/mol. The fourth-order valence-corrected chi connectivity index (χ4v) is 2.62. The smallest absolute Gasteiger partial charge is 0.176 e. The van der Waals surface area contributed by atoms with Crippen LogP contribution in [-0.2, 0) is 4.74 Å². The highest BCUT2D eigenvalue weighted by Gasteiger charge is 2.27. The van der Waals surface area contributed by atoms with Gasteiger partial charge < -0.3 is 9.47 Å². The molecular formula is C16H23NO3. The van der Waals surface area contributed by atoms with Crippen LogP contribution >= 0.6 is 0 Å². The van der Waals surface area contributed by atoms with Crippen molar-refractivity contribution < 1.29 is 14.3 Å². The standard InChI is InChI=1S/C16H23NO3/c1-12-8-9-17(11-16(12)20-3)10-15(18)13-4-6-14(19-2)7-5-13/h4-7,12,16H,8-11H2,1-3H3. The third-order valence-corrected chi connectivity index (χ3v) is 4.06. The van der Waals surface area contributed by atoms with Gasteiger partial charge in [-0.15, -0.1) is 0 Å². The van der Waals surface area contributed by atoms with Gasteiger partial charge in [0.05, 0.1) is 19.8 Å². The van der Waals surface area contributed by atoms with E-state index in [-0.39, 0.29) is 11.9 Å². The van der Waals surface area contributed by atoms with Gasteiger partial charge in [0.25, 0.3) is 0 Å². The van der Waals surface area contributed by atoms with E-state index in [4.69, 9.17) is 9.47 Å². The molecule has 0 aliphatic carbocycles. The van der Waals surface area contributed by atoms with Crippen LogP contribution in [0.2, 0.25) is 0 Å². The second-order valence-corrected chi connectivity index (χ2v) is 5.43. The maximum Gasteiger partial charge on any atom is 0.176 e. The Morgan fingerprint density at radius 1 is 1.30 bits per heavy atom. The summed E-state index contributed by atoms with van der Waals surface area (Å²) in [6.07, 6.45) is 1.31. The van der Waals surface area contributed by atoms with Gasteiger partial charge in [-0.05, 0) is 43.1 Å². The molecule has 0 N–H and O–H groups in total. The Morgan fingerprint density at radius 3 is 2.60 bits per heavy atom. The summed E-state index contributed by atoms with van der Waals surface area (Å²) in [4.78, 5) is 14.4. The highest BCUT2D eigenvalue weighted by Crippen LogP contribution is 2.20. The number of nitrogens with zero attached hydrogens (tertiary/aromatic N) is 1. The molecule has 2 unspecified atom stereocenters. The predicted octanol–water partition coefficient (Wildman–Crippen LogP) is 2.23. The van der Waals surface area contributed by atoms with Crippen molar-refractivity contribution in [3.8, 4) is 5.75 Å². The Labute approximate surface area is 120 Å². The molecule has 0 amide bonds.